The Hall–Kier alpha value is -1.46. The molecular weight excluding hydrogens is 248 g/mol. The molecule has 0 saturated carbocycles. The monoisotopic (exact) mass is 254 g/mol. The van der Waals surface area contributed by atoms with Crippen LogP contribution in [-0.4, -0.2) is 22.9 Å². The summed E-state index contributed by atoms with van der Waals surface area (Å²) in [5.41, 5.74) is 0.274. The fourth-order valence-electron chi connectivity index (χ4n) is 1.15. The maximum atomic E-state index is 12.0. The lowest BCUT2D eigenvalue weighted by Crippen LogP contribution is -2.03. The van der Waals surface area contributed by atoms with Crippen LogP contribution in [0.15, 0.2) is 23.8 Å². The second-order valence-electron chi connectivity index (χ2n) is 2.87. The third kappa shape index (κ3) is 2.05. The van der Waals surface area contributed by atoms with Crippen LogP contribution in [-0.2, 0) is 0 Å². The first kappa shape index (κ1) is 11.0. The predicted molar refractivity (Wildman–Crippen MR) is 61.3 cm³/mol. The molecule has 0 atom stereocenters. The number of carbonyl (C=O) groups is 1. The molecule has 4 nitrogen and oxygen atoms in total. The molecule has 2 aromatic heterocycles. The fraction of sp³-hybridized carbons (Fsp3) is 0.100. The lowest BCUT2D eigenvalue weighted by Gasteiger charge is -2.00. The Balaban J connectivity index is 2.38. The van der Waals surface area contributed by atoms with Crippen molar-refractivity contribution in [2.24, 2.45) is 0 Å². The Morgan fingerprint density at radius 3 is 2.94 bits per heavy atom. The number of halogens is 1. The Labute approximate surface area is 101 Å². The highest BCUT2D eigenvalue weighted by molar-refractivity contribution is 7.13. The van der Waals surface area contributed by atoms with Gasteiger partial charge in [-0.2, -0.15) is 0 Å². The van der Waals surface area contributed by atoms with Crippen LogP contribution in [0.4, 0.5) is 0 Å². The second kappa shape index (κ2) is 4.59. The number of aromatic nitrogens is 2. The van der Waals surface area contributed by atoms with Crippen molar-refractivity contribution < 1.29 is 9.53 Å². The summed E-state index contributed by atoms with van der Waals surface area (Å²) in [5.74, 6) is 0.131. The summed E-state index contributed by atoms with van der Waals surface area (Å²) in [6.45, 7) is 0. The van der Waals surface area contributed by atoms with Crippen molar-refractivity contribution in [3.05, 3.63) is 39.4 Å². The number of carbonyl (C=O) groups excluding carboxylic acids is 1. The van der Waals surface area contributed by atoms with Gasteiger partial charge in [-0.1, -0.05) is 11.6 Å². The Kier molecular flexibility index (Phi) is 3.17. The van der Waals surface area contributed by atoms with Crippen molar-refractivity contribution in [1.82, 2.24) is 9.97 Å². The number of thiophene rings is 1. The Morgan fingerprint density at radius 1 is 1.50 bits per heavy atom. The molecule has 0 bridgehead atoms. The van der Waals surface area contributed by atoms with Gasteiger partial charge in [0.2, 0.25) is 11.7 Å². The summed E-state index contributed by atoms with van der Waals surface area (Å²) >= 11 is 7.16. The summed E-state index contributed by atoms with van der Waals surface area (Å²) in [4.78, 5) is 20.2. The largest absolute Gasteiger partial charge is 0.481 e. The maximum absolute atomic E-state index is 12.0. The Bertz CT molecular complexity index is 527. The van der Waals surface area contributed by atoms with E-state index < -0.39 is 0 Å². The molecule has 0 aromatic carbocycles. The smallest absolute Gasteiger partial charge is 0.223 e. The summed E-state index contributed by atoms with van der Waals surface area (Å²) < 4.78 is 4.92. The standard InChI is InChI=1S/C10H7ClN2O2S/c1-15-8-4-7(12-5-13-8)9(14)10-6(11)2-3-16-10/h2-5H,1H3. The molecule has 0 fully saturated rings. The van der Waals surface area contributed by atoms with Crippen LogP contribution < -0.4 is 4.74 Å². The molecular formula is C10H7ClN2O2S. The normalized spacial score (nSPS) is 10.1. The third-order valence-electron chi connectivity index (χ3n) is 1.91. The van der Waals surface area contributed by atoms with Crippen LogP contribution in [0.25, 0.3) is 0 Å². The van der Waals surface area contributed by atoms with Crippen LogP contribution in [0.1, 0.15) is 15.4 Å². The molecule has 0 N–H and O–H groups in total. The minimum absolute atomic E-state index is 0.222. The number of hydrogen-bond donors (Lipinski definition) is 0. The quantitative estimate of drug-likeness (QED) is 0.790. The lowest BCUT2D eigenvalue weighted by atomic mass is 10.2. The van der Waals surface area contributed by atoms with Crippen molar-refractivity contribution in [3.63, 3.8) is 0 Å². The zero-order valence-corrected chi connectivity index (χ0v) is 9.88. The zero-order valence-electron chi connectivity index (χ0n) is 8.31. The molecule has 0 spiro atoms. The number of methoxy groups -OCH3 is 1. The molecule has 0 aliphatic carbocycles. The molecule has 2 heterocycles. The van der Waals surface area contributed by atoms with E-state index in [1.54, 1.807) is 11.4 Å². The SMILES string of the molecule is COc1cc(C(=O)c2sccc2Cl)ncn1. The fourth-order valence-corrected chi connectivity index (χ4v) is 2.24. The van der Waals surface area contributed by atoms with Gasteiger partial charge in [-0.3, -0.25) is 4.79 Å². The highest BCUT2D eigenvalue weighted by Gasteiger charge is 2.16. The molecule has 0 amide bonds. The van der Waals surface area contributed by atoms with Gasteiger partial charge in [-0.25, -0.2) is 9.97 Å². The van der Waals surface area contributed by atoms with E-state index in [0.29, 0.717) is 15.8 Å². The summed E-state index contributed by atoms with van der Waals surface area (Å²) in [7, 11) is 1.48. The van der Waals surface area contributed by atoms with Crippen molar-refractivity contribution >= 4 is 28.7 Å². The molecule has 2 aromatic rings. The summed E-state index contributed by atoms with van der Waals surface area (Å²) in [6.07, 6.45) is 1.29. The van der Waals surface area contributed by atoms with E-state index in [9.17, 15) is 4.79 Å². The number of hydrogen-bond acceptors (Lipinski definition) is 5. The van der Waals surface area contributed by atoms with Gasteiger partial charge in [0.05, 0.1) is 17.0 Å². The van der Waals surface area contributed by atoms with Crippen molar-refractivity contribution in [1.29, 1.82) is 0 Å². The topological polar surface area (TPSA) is 52.1 Å². The molecule has 0 radical (unpaired) electrons. The van der Waals surface area contributed by atoms with Gasteiger partial charge in [0, 0.05) is 6.07 Å². The lowest BCUT2D eigenvalue weighted by molar-refractivity contribution is 0.103. The van der Waals surface area contributed by atoms with Crippen molar-refractivity contribution in [3.8, 4) is 5.88 Å². The van der Waals surface area contributed by atoms with Crippen LogP contribution in [0.2, 0.25) is 5.02 Å². The van der Waals surface area contributed by atoms with E-state index in [1.165, 1.54) is 30.8 Å². The predicted octanol–water partition coefficient (Wildman–Crippen LogP) is 2.43. The van der Waals surface area contributed by atoms with Gasteiger partial charge >= 0.3 is 0 Å². The average molecular weight is 255 g/mol. The van der Waals surface area contributed by atoms with Gasteiger partial charge in [0.15, 0.2) is 0 Å². The first-order valence-corrected chi connectivity index (χ1v) is 5.62. The third-order valence-corrected chi connectivity index (χ3v) is 3.25. The van der Waals surface area contributed by atoms with E-state index >= 15 is 0 Å². The first-order valence-electron chi connectivity index (χ1n) is 4.36. The second-order valence-corrected chi connectivity index (χ2v) is 4.20. The van der Waals surface area contributed by atoms with Crippen molar-refractivity contribution in [2.75, 3.05) is 7.11 Å². The molecule has 2 rings (SSSR count). The van der Waals surface area contributed by atoms with Crippen LogP contribution in [0.5, 0.6) is 5.88 Å². The highest BCUT2D eigenvalue weighted by atomic mass is 35.5. The van der Waals surface area contributed by atoms with Gasteiger partial charge in [0.25, 0.3) is 0 Å². The molecule has 0 aliphatic heterocycles. The van der Waals surface area contributed by atoms with Crippen molar-refractivity contribution in [2.45, 2.75) is 0 Å². The molecule has 0 aliphatic rings. The van der Waals surface area contributed by atoms with E-state index in [0.717, 1.165) is 0 Å². The number of nitrogens with zero attached hydrogens (tertiary/aromatic N) is 2. The summed E-state index contributed by atoms with van der Waals surface area (Å²) in [5, 5.41) is 2.20. The van der Waals surface area contributed by atoms with E-state index in [-0.39, 0.29) is 11.5 Å². The number of ether oxygens (including phenoxy) is 1. The van der Waals surface area contributed by atoms with E-state index in [1.807, 2.05) is 0 Å². The van der Waals surface area contributed by atoms with E-state index in [2.05, 4.69) is 9.97 Å². The van der Waals surface area contributed by atoms with Crippen LogP contribution in [0.3, 0.4) is 0 Å². The minimum atomic E-state index is -0.222. The number of ketones is 1. The average Bonchev–Trinajstić information content (AvgIpc) is 2.74. The Morgan fingerprint density at radius 2 is 2.31 bits per heavy atom. The van der Waals surface area contributed by atoms with Gasteiger partial charge in [-0.05, 0) is 11.4 Å². The molecule has 0 saturated heterocycles. The number of rotatable bonds is 3. The van der Waals surface area contributed by atoms with Crippen LogP contribution >= 0.6 is 22.9 Å². The molecule has 82 valence electrons. The van der Waals surface area contributed by atoms with Gasteiger partial charge in [-0.15, -0.1) is 11.3 Å². The maximum Gasteiger partial charge on any atom is 0.223 e. The van der Waals surface area contributed by atoms with E-state index in [4.69, 9.17) is 16.3 Å². The van der Waals surface area contributed by atoms with Gasteiger partial charge in [0.1, 0.15) is 12.0 Å². The summed E-state index contributed by atoms with van der Waals surface area (Å²) in [6, 6.07) is 3.16. The minimum Gasteiger partial charge on any atom is -0.481 e. The van der Waals surface area contributed by atoms with Crippen LogP contribution in [0, 0.1) is 0 Å². The molecule has 0 unspecified atom stereocenters. The molecule has 6 heteroatoms. The molecule has 16 heavy (non-hydrogen) atoms. The first-order chi connectivity index (χ1) is 7.72. The zero-order chi connectivity index (χ0) is 11.5. The van der Waals surface area contributed by atoms with Gasteiger partial charge < -0.3 is 4.74 Å². The highest BCUT2D eigenvalue weighted by Crippen LogP contribution is 2.24.